The molecule has 0 radical (unpaired) electrons. The molecule has 5 rings (SSSR count). The molecule has 1 aromatic heterocycles. The van der Waals surface area contributed by atoms with Gasteiger partial charge in [0, 0.05) is 24.7 Å². The summed E-state index contributed by atoms with van der Waals surface area (Å²) in [5.41, 5.74) is 3.99. The number of rotatable bonds is 8. The van der Waals surface area contributed by atoms with Gasteiger partial charge in [0.05, 0.1) is 18.5 Å². The molecule has 1 aliphatic rings. The van der Waals surface area contributed by atoms with Crippen molar-refractivity contribution in [2.45, 2.75) is 19.4 Å². The highest BCUT2D eigenvalue weighted by Gasteiger charge is 2.16. The number of aryl methyl sites for hydroxylation is 1. The fourth-order valence-corrected chi connectivity index (χ4v) is 3.95. The molecule has 0 spiro atoms. The average Bonchev–Trinajstić information content (AvgIpc) is 3.53. The van der Waals surface area contributed by atoms with Crippen molar-refractivity contribution < 1.29 is 23.4 Å². The van der Waals surface area contributed by atoms with E-state index in [2.05, 4.69) is 5.32 Å². The van der Waals surface area contributed by atoms with E-state index in [9.17, 15) is 9.18 Å². The Morgan fingerprint density at radius 1 is 1.09 bits per heavy atom. The minimum Gasteiger partial charge on any atom is -0.497 e. The van der Waals surface area contributed by atoms with Crippen LogP contribution in [0.4, 0.5) is 4.39 Å². The number of halogens is 1. The summed E-state index contributed by atoms with van der Waals surface area (Å²) in [6, 6.07) is 19.4. The van der Waals surface area contributed by atoms with Crippen molar-refractivity contribution in [2.75, 3.05) is 13.9 Å². The van der Waals surface area contributed by atoms with Gasteiger partial charge in [-0.15, -0.1) is 0 Å². The van der Waals surface area contributed by atoms with Crippen molar-refractivity contribution >= 4 is 5.91 Å². The normalized spacial score (nSPS) is 11.9. The highest BCUT2D eigenvalue weighted by molar-refractivity contribution is 5.77. The molecule has 0 aliphatic carbocycles. The van der Waals surface area contributed by atoms with Gasteiger partial charge in [-0.25, -0.2) is 9.07 Å². The lowest BCUT2D eigenvalue weighted by molar-refractivity contribution is -0.121. The molecule has 1 N–H and O–H groups in total. The second-order valence-electron chi connectivity index (χ2n) is 8.12. The van der Waals surface area contributed by atoms with Crippen LogP contribution in [0.25, 0.3) is 16.9 Å². The maximum Gasteiger partial charge on any atom is 0.231 e. The van der Waals surface area contributed by atoms with Crippen LogP contribution in [-0.4, -0.2) is 29.6 Å². The molecule has 0 saturated heterocycles. The molecule has 0 atom stereocenters. The number of aromatic nitrogens is 2. The zero-order valence-electron chi connectivity index (χ0n) is 19.2. The maximum absolute atomic E-state index is 13.8. The van der Waals surface area contributed by atoms with Gasteiger partial charge in [-0.1, -0.05) is 24.3 Å². The second-order valence-corrected chi connectivity index (χ2v) is 8.12. The molecular formula is C27H24FN3O4. The summed E-state index contributed by atoms with van der Waals surface area (Å²) in [5.74, 6) is 1.67. The number of benzene rings is 3. The van der Waals surface area contributed by atoms with Crippen molar-refractivity contribution in [3.05, 3.63) is 89.9 Å². The van der Waals surface area contributed by atoms with Gasteiger partial charge in [-0.3, -0.25) is 4.79 Å². The standard InChI is InChI=1S/C27H24FN3O4/c1-33-23-7-2-4-19(13-23)27-20(16-31(30-27)22-6-3-5-21(28)14-22)9-11-26(32)29-15-18-8-10-24-25(12-18)35-17-34-24/h2-8,10,12-14,16H,9,11,15,17H2,1H3,(H,29,32). The molecule has 4 aromatic rings. The molecule has 1 amide bonds. The van der Waals surface area contributed by atoms with Gasteiger partial charge in [0.25, 0.3) is 0 Å². The first-order valence-corrected chi connectivity index (χ1v) is 11.2. The number of carbonyl (C=O) groups excluding carboxylic acids is 1. The Kier molecular flexibility index (Phi) is 6.34. The first-order chi connectivity index (χ1) is 17.1. The van der Waals surface area contributed by atoms with Gasteiger partial charge in [0.2, 0.25) is 12.7 Å². The summed E-state index contributed by atoms with van der Waals surface area (Å²) in [5, 5.41) is 7.66. The third kappa shape index (κ3) is 5.11. The molecular weight excluding hydrogens is 449 g/mol. The van der Waals surface area contributed by atoms with E-state index in [0.29, 0.717) is 35.9 Å². The maximum atomic E-state index is 13.8. The number of nitrogens with one attached hydrogen (secondary N) is 1. The highest BCUT2D eigenvalue weighted by atomic mass is 19.1. The summed E-state index contributed by atoms with van der Waals surface area (Å²) in [7, 11) is 1.61. The molecule has 3 aromatic carbocycles. The predicted octanol–water partition coefficient (Wildman–Crippen LogP) is 4.66. The van der Waals surface area contributed by atoms with E-state index in [4.69, 9.17) is 19.3 Å². The zero-order valence-corrected chi connectivity index (χ0v) is 19.2. The molecule has 35 heavy (non-hydrogen) atoms. The molecule has 178 valence electrons. The van der Waals surface area contributed by atoms with Crippen LogP contribution in [0.5, 0.6) is 17.2 Å². The number of hydrogen-bond donors (Lipinski definition) is 1. The van der Waals surface area contributed by atoms with Crippen LogP contribution in [0.3, 0.4) is 0 Å². The Balaban J connectivity index is 1.32. The highest BCUT2D eigenvalue weighted by Crippen LogP contribution is 2.32. The summed E-state index contributed by atoms with van der Waals surface area (Å²) < 4.78 is 31.5. The van der Waals surface area contributed by atoms with Crippen LogP contribution >= 0.6 is 0 Å². The lowest BCUT2D eigenvalue weighted by Crippen LogP contribution is -2.23. The van der Waals surface area contributed by atoms with Gasteiger partial charge >= 0.3 is 0 Å². The lowest BCUT2D eigenvalue weighted by atomic mass is 10.0. The van der Waals surface area contributed by atoms with E-state index in [1.165, 1.54) is 12.1 Å². The van der Waals surface area contributed by atoms with Gasteiger partial charge in [0.15, 0.2) is 11.5 Å². The van der Waals surface area contributed by atoms with Crippen molar-refractivity contribution in [3.8, 4) is 34.2 Å². The Hall–Kier alpha value is -4.33. The van der Waals surface area contributed by atoms with E-state index in [0.717, 1.165) is 22.4 Å². The van der Waals surface area contributed by atoms with E-state index in [1.807, 2.05) is 48.7 Å². The van der Waals surface area contributed by atoms with Crippen molar-refractivity contribution in [1.82, 2.24) is 15.1 Å². The quantitative estimate of drug-likeness (QED) is 0.403. The predicted molar refractivity (Wildman–Crippen MR) is 128 cm³/mol. The van der Waals surface area contributed by atoms with Gasteiger partial charge in [-0.05, 0) is 60.0 Å². The van der Waals surface area contributed by atoms with Crippen LogP contribution in [0.15, 0.2) is 72.9 Å². The number of amides is 1. The van der Waals surface area contributed by atoms with E-state index >= 15 is 0 Å². The zero-order chi connectivity index (χ0) is 24.2. The number of fused-ring (bicyclic) bond motifs is 1. The summed E-state index contributed by atoms with van der Waals surface area (Å²) in [4.78, 5) is 12.6. The monoisotopic (exact) mass is 473 g/mol. The molecule has 0 saturated carbocycles. The Bertz CT molecular complexity index is 1370. The van der Waals surface area contributed by atoms with Crippen LogP contribution in [0.1, 0.15) is 17.5 Å². The molecule has 8 heteroatoms. The van der Waals surface area contributed by atoms with Gasteiger partial charge in [0.1, 0.15) is 11.6 Å². The van der Waals surface area contributed by atoms with Crippen LogP contribution in [0.2, 0.25) is 0 Å². The van der Waals surface area contributed by atoms with Crippen molar-refractivity contribution in [1.29, 1.82) is 0 Å². The summed E-state index contributed by atoms with van der Waals surface area (Å²) in [6.07, 6.45) is 2.58. The smallest absolute Gasteiger partial charge is 0.231 e. The Morgan fingerprint density at radius 3 is 2.80 bits per heavy atom. The third-order valence-corrected chi connectivity index (χ3v) is 5.75. The largest absolute Gasteiger partial charge is 0.497 e. The first kappa shape index (κ1) is 22.5. The second kappa shape index (κ2) is 9.89. The Labute approximate surface area is 202 Å². The molecule has 0 bridgehead atoms. The van der Waals surface area contributed by atoms with E-state index in [-0.39, 0.29) is 24.9 Å². The van der Waals surface area contributed by atoms with Crippen LogP contribution in [-0.2, 0) is 17.8 Å². The number of ether oxygens (including phenoxy) is 3. The fourth-order valence-electron chi connectivity index (χ4n) is 3.95. The Morgan fingerprint density at radius 2 is 1.94 bits per heavy atom. The molecule has 0 fully saturated rings. The molecule has 1 aliphatic heterocycles. The van der Waals surface area contributed by atoms with Crippen LogP contribution < -0.4 is 19.5 Å². The van der Waals surface area contributed by atoms with Crippen LogP contribution in [0, 0.1) is 5.82 Å². The third-order valence-electron chi connectivity index (χ3n) is 5.75. The van der Waals surface area contributed by atoms with E-state index in [1.54, 1.807) is 23.9 Å². The lowest BCUT2D eigenvalue weighted by Gasteiger charge is -2.07. The number of methoxy groups -OCH3 is 1. The minimum absolute atomic E-state index is 0.0854. The summed E-state index contributed by atoms with van der Waals surface area (Å²) >= 11 is 0. The van der Waals surface area contributed by atoms with Gasteiger partial charge in [-0.2, -0.15) is 5.10 Å². The number of nitrogens with zero attached hydrogens (tertiary/aromatic N) is 2. The van der Waals surface area contributed by atoms with E-state index < -0.39 is 0 Å². The van der Waals surface area contributed by atoms with Gasteiger partial charge < -0.3 is 19.5 Å². The summed E-state index contributed by atoms with van der Waals surface area (Å²) in [6.45, 7) is 0.602. The average molecular weight is 474 g/mol. The fraction of sp³-hybridized carbons (Fsp3) is 0.185. The molecule has 2 heterocycles. The van der Waals surface area contributed by atoms with Crippen molar-refractivity contribution in [3.63, 3.8) is 0 Å². The van der Waals surface area contributed by atoms with Crippen molar-refractivity contribution in [2.24, 2.45) is 0 Å². The molecule has 0 unspecified atom stereocenters. The minimum atomic E-state index is -0.342. The molecule has 7 nitrogen and oxygen atoms in total. The number of hydrogen-bond acceptors (Lipinski definition) is 5. The number of carbonyl (C=O) groups is 1. The first-order valence-electron chi connectivity index (χ1n) is 11.2. The topological polar surface area (TPSA) is 74.6 Å². The SMILES string of the molecule is COc1cccc(-c2nn(-c3cccc(F)c3)cc2CCC(=O)NCc2ccc3c(c2)OCO3)c1.